The molecule has 0 aliphatic rings. The summed E-state index contributed by atoms with van der Waals surface area (Å²) in [6.45, 7) is 8.39. The second-order valence-electron chi connectivity index (χ2n) is 5.81. The summed E-state index contributed by atoms with van der Waals surface area (Å²) in [5.74, 6) is 0. The molecule has 0 aliphatic heterocycles. The molecule has 3 nitrogen and oxygen atoms in total. The quantitative estimate of drug-likeness (QED) is 0.211. The van der Waals surface area contributed by atoms with E-state index in [-0.39, 0.29) is 28.7 Å². The van der Waals surface area contributed by atoms with Gasteiger partial charge in [-0.2, -0.15) is 0 Å². The third kappa shape index (κ3) is 16.8. The van der Waals surface area contributed by atoms with Crippen molar-refractivity contribution in [3.05, 3.63) is 0 Å². The molecule has 132 valence electrons. The Kier molecular flexibility index (Phi) is 19.4. The van der Waals surface area contributed by atoms with Crippen molar-refractivity contribution in [1.29, 1.82) is 0 Å². The maximum atomic E-state index is 11.8. The molecule has 0 bridgehead atoms. The Morgan fingerprint density at radius 2 is 1.14 bits per heavy atom. The molecule has 0 aliphatic carbocycles. The van der Waals surface area contributed by atoms with Gasteiger partial charge in [0.25, 0.3) is 0 Å². The average Bonchev–Trinajstić information content (AvgIpc) is 2.39. The molecule has 0 saturated carbocycles. The molecule has 0 spiro atoms. The molecule has 0 aromatic rings. The van der Waals surface area contributed by atoms with Crippen LogP contribution in [0.4, 0.5) is 0 Å². The van der Waals surface area contributed by atoms with Crippen LogP contribution in [-0.4, -0.2) is 12.2 Å². The third-order valence-corrected chi connectivity index (χ3v) is 4.71. The molecule has 0 rings (SSSR count). The van der Waals surface area contributed by atoms with Crippen LogP contribution >= 0.6 is 8.25 Å². The summed E-state index contributed by atoms with van der Waals surface area (Å²) in [5.41, 5.74) is 0. The second kappa shape index (κ2) is 17.0. The molecule has 0 aromatic heterocycles. The number of hydrogen-bond donors (Lipinski definition) is 0. The summed E-state index contributed by atoms with van der Waals surface area (Å²) >= 11 is 0. The first kappa shape index (κ1) is 23.9. The van der Waals surface area contributed by atoms with Crippen molar-refractivity contribution in [3.8, 4) is 0 Å². The van der Waals surface area contributed by atoms with Crippen molar-refractivity contribution < 1.29 is 30.1 Å². The first-order chi connectivity index (χ1) is 9.60. The van der Waals surface area contributed by atoms with Crippen molar-refractivity contribution in [1.82, 2.24) is 0 Å². The van der Waals surface area contributed by atoms with E-state index >= 15 is 0 Å². The van der Waals surface area contributed by atoms with Gasteiger partial charge in [0.15, 0.2) is 0 Å². The van der Waals surface area contributed by atoms with Gasteiger partial charge >= 0.3 is 8.25 Å². The Morgan fingerprint density at radius 3 is 1.48 bits per heavy atom. The Balaban J connectivity index is 0. The maximum absolute atomic E-state index is 11.8. The van der Waals surface area contributed by atoms with E-state index in [0.717, 1.165) is 25.7 Å². The van der Waals surface area contributed by atoms with Crippen LogP contribution in [0.5, 0.6) is 0 Å². The molecule has 0 N–H and O–H groups in total. The van der Waals surface area contributed by atoms with E-state index < -0.39 is 8.25 Å². The summed E-state index contributed by atoms with van der Waals surface area (Å²) in [4.78, 5) is 0. The fraction of sp³-hybridized carbons (Fsp3) is 1.00. The van der Waals surface area contributed by atoms with Crippen LogP contribution in [0.1, 0.15) is 91.9 Å². The minimum Gasteiger partial charge on any atom is -0.308 e. The minimum absolute atomic E-state index is 0. The van der Waals surface area contributed by atoms with Crippen molar-refractivity contribution in [2.45, 2.75) is 104 Å². The zero-order chi connectivity index (χ0) is 15.2. The van der Waals surface area contributed by atoms with Crippen LogP contribution in [0.3, 0.4) is 0 Å². The van der Waals surface area contributed by atoms with Crippen molar-refractivity contribution in [2.75, 3.05) is 0 Å². The molecular weight excluding hydrogens is 330 g/mol. The summed E-state index contributed by atoms with van der Waals surface area (Å²) in [6.07, 6.45) is 11.8. The first-order valence-corrected chi connectivity index (χ1v) is 9.69. The van der Waals surface area contributed by atoms with Crippen molar-refractivity contribution in [3.63, 3.8) is 0 Å². The Hall–Kier alpha value is 0.644. The normalized spacial score (nSPS) is 15.2. The molecule has 0 radical (unpaired) electrons. The summed E-state index contributed by atoms with van der Waals surface area (Å²) in [7, 11) is -2.32. The molecular formula is C16H35NiO3P. The Labute approximate surface area is 142 Å². The van der Waals surface area contributed by atoms with Crippen LogP contribution in [-0.2, 0) is 30.1 Å². The largest absolute Gasteiger partial charge is 0.319 e. The summed E-state index contributed by atoms with van der Waals surface area (Å²) in [5, 5.41) is 0. The van der Waals surface area contributed by atoms with Crippen LogP contribution in [0, 0.1) is 0 Å². The average molecular weight is 365 g/mol. The number of unbranched alkanes of at least 4 members (excludes halogenated alkanes) is 6. The predicted molar refractivity (Wildman–Crippen MR) is 87.6 cm³/mol. The molecule has 21 heavy (non-hydrogen) atoms. The Morgan fingerprint density at radius 1 is 0.762 bits per heavy atom. The standard InChI is InChI=1S/C16H35O3P.Ni/c1-5-7-9-11-13-15(3)18-20(17)19-16(4)14-12-10-8-6-2;/h15-16,20H,5-14H2,1-4H3;. The first-order valence-electron chi connectivity index (χ1n) is 8.47. The molecule has 2 unspecified atom stereocenters. The molecule has 0 aromatic carbocycles. The summed E-state index contributed by atoms with van der Waals surface area (Å²) in [6, 6.07) is 0. The van der Waals surface area contributed by atoms with Crippen LogP contribution in [0.15, 0.2) is 0 Å². The van der Waals surface area contributed by atoms with E-state index in [4.69, 9.17) is 9.05 Å². The fourth-order valence-electron chi connectivity index (χ4n) is 2.19. The molecule has 0 heterocycles. The van der Waals surface area contributed by atoms with E-state index in [2.05, 4.69) is 13.8 Å². The van der Waals surface area contributed by atoms with Gasteiger partial charge in [-0.25, -0.2) is 0 Å². The molecule has 5 heteroatoms. The van der Waals surface area contributed by atoms with E-state index in [9.17, 15) is 4.57 Å². The van der Waals surface area contributed by atoms with E-state index in [1.165, 1.54) is 38.5 Å². The van der Waals surface area contributed by atoms with Crippen LogP contribution < -0.4 is 0 Å². The van der Waals surface area contributed by atoms with Crippen LogP contribution in [0.2, 0.25) is 0 Å². The molecule has 2 atom stereocenters. The summed E-state index contributed by atoms with van der Waals surface area (Å²) < 4.78 is 22.7. The van der Waals surface area contributed by atoms with Gasteiger partial charge in [0.2, 0.25) is 0 Å². The maximum Gasteiger partial charge on any atom is 0.319 e. The topological polar surface area (TPSA) is 35.5 Å². The third-order valence-electron chi connectivity index (χ3n) is 3.52. The zero-order valence-corrected chi connectivity index (χ0v) is 16.3. The predicted octanol–water partition coefficient (Wildman–Crippen LogP) is 6.12. The molecule has 0 fully saturated rings. The number of hydrogen-bond acceptors (Lipinski definition) is 3. The van der Waals surface area contributed by atoms with Gasteiger partial charge in [0.1, 0.15) is 0 Å². The molecule has 0 amide bonds. The van der Waals surface area contributed by atoms with Gasteiger partial charge in [-0.3, -0.25) is 4.57 Å². The van der Waals surface area contributed by atoms with E-state index in [1.54, 1.807) is 0 Å². The smallest absolute Gasteiger partial charge is 0.308 e. The van der Waals surface area contributed by atoms with Gasteiger partial charge in [0, 0.05) is 16.5 Å². The van der Waals surface area contributed by atoms with Gasteiger partial charge in [-0.15, -0.1) is 0 Å². The minimum atomic E-state index is -2.32. The van der Waals surface area contributed by atoms with Gasteiger partial charge < -0.3 is 9.05 Å². The van der Waals surface area contributed by atoms with Crippen molar-refractivity contribution in [2.24, 2.45) is 0 Å². The second-order valence-corrected chi connectivity index (χ2v) is 6.78. The van der Waals surface area contributed by atoms with Gasteiger partial charge in [-0.05, 0) is 26.7 Å². The fourth-order valence-corrected chi connectivity index (χ4v) is 3.14. The Bertz CT molecular complexity index is 218. The monoisotopic (exact) mass is 364 g/mol. The molecule has 0 saturated heterocycles. The van der Waals surface area contributed by atoms with E-state index in [1.807, 2.05) is 13.8 Å². The van der Waals surface area contributed by atoms with Crippen molar-refractivity contribution >= 4 is 8.25 Å². The SMILES string of the molecule is CCCCCCC(C)O[PH](=O)OC(C)CCCCCC.[Ni]. The zero-order valence-electron chi connectivity index (χ0n) is 14.3. The van der Waals surface area contributed by atoms with Gasteiger partial charge in [-0.1, -0.05) is 65.2 Å². The number of rotatable bonds is 14. The van der Waals surface area contributed by atoms with Gasteiger partial charge in [0.05, 0.1) is 12.2 Å². The van der Waals surface area contributed by atoms with Crippen LogP contribution in [0.25, 0.3) is 0 Å². The van der Waals surface area contributed by atoms with E-state index in [0.29, 0.717) is 0 Å².